The number of aromatic nitrogens is 3. The molecule has 7 aromatic rings. The average molecular weight is 1130 g/mol. The Labute approximate surface area is 462 Å². The van der Waals surface area contributed by atoms with Crippen LogP contribution in [0.3, 0.4) is 0 Å². The number of aromatic carboxylic acids is 2. The molecule has 0 fully saturated rings. The number of nitrogens with zero attached hydrogens (tertiary/aromatic N) is 9. The fraction of sp³-hybridized carbons (Fsp3) is 0.0426. The maximum Gasteiger partial charge on any atom is 0.339 e. The molecular weight excluding hydrogens is 1090 g/mol. The topological polar surface area (TPSA) is 421 Å². The van der Waals surface area contributed by atoms with Gasteiger partial charge in [-0.05, 0) is 115 Å². The predicted octanol–water partition coefficient (Wildman–Crippen LogP) is 6.87. The number of carbonyl (C=O) groups excluding carboxylic acids is 1. The van der Waals surface area contributed by atoms with Crippen molar-refractivity contribution in [1.82, 2.24) is 15.0 Å². The first-order valence-electron chi connectivity index (χ1n) is 21.7. The van der Waals surface area contributed by atoms with Crippen LogP contribution in [0.25, 0.3) is 12.2 Å². The Morgan fingerprint density at radius 3 is 1.91 bits per heavy atom. The number of hydrogen-bond donors (Lipinski definition) is 9. The Hall–Kier alpha value is -8.72. The summed E-state index contributed by atoms with van der Waals surface area (Å²) in [6.45, 7) is 1.36. The van der Waals surface area contributed by atoms with Crippen LogP contribution in [-0.2, 0) is 35.1 Å². The summed E-state index contributed by atoms with van der Waals surface area (Å²) in [6, 6.07) is 26.8. The number of anilines is 3. The van der Waals surface area contributed by atoms with E-state index in [9.17, 15) is 68.6 Å². The van der Waals surface area contributed by atoms with Gasteiger partial charge < -0.3 is 20.6 Å². The normalized spacial score (nSPS) is 14.6. The molecule has 1 aromatic heterocycles. The Kier molecular flexibility index (Phi) is 17.0. The van der Waals surface area contributed by atoms with Gasteiger partial charge in [0.05, 0.1) is 50.3 Å². The van der Waals surface area contributed by atoms with Gasteiger partial charge in [-0.3, -0.25) is 28.4 Å². The number of hydrazone groups is 1. The van der Waals surface area contributed by atoms with E-state index in [1.807, 2.05) is 0 Å². The molecule has 1 radical (unpaired) electrons. The summed E-state index contributed by atoms with van der Waals surface area (Å²) >= 11 is 0. The van der Waals surface area contributed by atoms with Crippen LogP contribution in [0.15, 0.2) is 178 Å². The summed E-state index contributed by atoms with van der Waals surface area (Å²) in [5.41, 5.74) is -0.448. The fourth-order valence-electron chi connectivity index (χ4n) is 7.03. The van der Waals surface area contributed by atoms with Crippen LogP contribution in [0.4, 0.5) is 45.8 Å². The Balaban J connectivity index is 0.00000882. The SMILES string of the molecule is CC1=NN(c2ccc(C=Cc3ccc(N=c4[nH]c(Nc5ccc(N=Nc6ccc(O)c(C(=O)O)c6)cc5)nc(=Nc5ccccc5)[nH]4)cc3S(=O)(=O)O)c(S(=O)(=O)O)c2)C(=O)C1N=Nc1ccc(S(=O)(=O)O)cc1C(=O)O.[Na]. The minimum atomic E-state index is -5.09. The van der Waals surface area contributed by atoms with Gasteiger partial charge in [0.15, 0.2) is 6.04 Å². The van der Waals surface area contributed by atoms with Gasteiger partial charge >= 0.3 is 11.9 Å². The molecule has 1 aliphatic rings. The number of carboxylic acid groups (broad SMARTS) is 2. The van der Waals surface area contributed by atoms with Crippen LogP contribution in [0.5, 0.6) is 5.75 Å². The largest absolute Gasteiger partial charge is 0.507 e. The van der Waals surface area contributed by atoms with Gasteiger partial charge in [-0.2, -0.15) is 60.8 Å². The van der Waals surface area contributed by atoms with E-state index in [4.69, 9.17) is 0 Å². The molecule has 31 heteroatoms. The minimum Gasteiger partial charge on any atom is -0.507 e. The van der Waals surface area contributed by atoms with Crippen molar-refractivity contribution >= 4 is 141 Å². The second kappa shape index (κ2) is 23.3. The van der Waals surface area contributed by atoms with Gasteiger partial charge in [-0.1, -0.05) is 42.5 Å². The Morgan fingerprint density at radius 1 is 0.654 bits per heavy atom. The molecule has 0 saturated carbocycles. The third-order valence-corrected chi connectivity index (χ3v) is 13.3. The number of amides is 1. The van der Waals surface area contributed by atoms with E-state index in [1.54, 1.807) is 54.6 Å². The fourth-order valence-corrected chi connectivity index (χ4v) is 8.95. The van der Waals surface area contributed by atoms with Crippen molar-refractivity contribution < 1.29 is 68.6 Å². The van der Waals surface area contributed by atoms with Gasteiger partial charge in [0, 0.05) is 35.2 Å². The zero-order chi connectivity index (χ0) is 55.4. The second-order valence-electron chi connectivity index (χ2n) is 16.0. The number of aromatic amines is 2. The molecule has 0 saturated heterocycles. The van der Waals surface area contributed by atoms with Crippen LogP contribution < -0.4 is 21.6 Å². The number of aromatic hydroxyl groups is 1. The quantitative estimate of drug-likeness (QED) is 0.0206. The number of carboxylic acids is 2. The molecule has 8 rings (SSSR count). The summed E-state index contributed by atoms with van der Waals surface area (Å²) in [7, 11) is -14.9. The first kappa shape index (κ1) is 57.0. The third-order valence-electron chi connectivity index (χ3n) is 10.6. The maximum atomic E-state index is 13.5. The van der Waals surface area contributed by atoms with Gasteiger partial charge in [0.25, 0.3) is 36.3 Å². The van der Waals surface area contributed by atoms with Crippen LogP contribution in [0.2, 0.25) is 0 Å². The van der Waals surface area contributed by atoms with E-state index in [1.165, 1.54) is 37.3 Å². The van der Waals surface area contributed by atoms with Crippen molar-refractivity contribution in [2.75, 3.05) is 10.3 Å². The van der Waals surface area contributed by atoms with Crippen molar-refractivity contribution in [1.29, 1.82) is 0 Å². The monoisotopic (exact) mass is 1130 g/mol. The second-order valence-corrected chi connectivity index (χ2v) is 20.2. The zero-order valence-corrected chi connectivity index (χ0v) is 44.4. The van der Waals surface area contributed by atoms with Crippen LogP contribution in [0.1, 0.15) is 38.8 Å². The summed E-state index contributed by atoms with van der Waals surface area (Å²) in [6.07, 6.45) is 2.24. The van der Waals surface area contributed by atoms with Crippen LogP contribution in [-0.4, -0.2) is 128 Å². The molecule has 0 bridgehead atoms. The first-order chi connectivity index (χ1) is 36.4. The molecule has 78 heavy (non-hydrogen) atoms. The number of para-hydroxylation sites is 1. The standard InChI is InChI=1S/C47H36N12O15S3.Na/c1-25-41(57-56-37-19-18-34(75(66,67)68)24-35(37)43(62)63)42(61)59(58-25)33-17-10-27(40(23-33)77(72,73)74)8-7-26-9-11-31(22-39(26)76(69,70)71)50-47-52-45(48-28-5-3-2-4-6-28)51-46(53-47)49-29-12-14-30(15-13-29)54-55-32-16-20-38(60)36(21-32)44(64)65;/h2-24,41,60H,1H3,(H,62,63)(H,64,65)(H,66,67,68)(H,69,70,71)(H,72,73,74)(H3,48,49,50,51,52,53);. The molecule has 1 aliphatic heterocycles. The number of phenols is 1. The molecule has 2 heterocycles. The summed E-state index contributed by atoms with van der Waals surface area (Å²) < 4.78 is 104. The van der Waals surface area contributed by atoms with Crippen molar-refractivity contribution in [3.05, 3.63) is 161 Å². The van der Waals surface area contributed by atoms with Crippen LogP contribution >= 0.6 is 0 Å². The first-order valence-corrected chi connectivity index (χ1v) is 26.0. The van der Waals surface area contributed by atoms with E-state index in [0.29, 0.717) is 23.1 Å². The van der Waals surface area contributed by atoms with E-state index in [-0.39, 0.29) is 91.9 Å². The molecule has 393 valence electrons. The van der Waals surface area contributed by atoms with E-state index < -0.39 is 80.2 Å². The van der Waals surface area contributed by atoms with Gasteiger partial charge in [-0.25, -0.2) is 19.6 Å². The summed E-state index contributed by atoms with van der Waals surface area (Å²) in [4.78, 5) is 53.9. The average Bonchev–Trinajstić information content (AvgIpc) is 3.81. The molecular formula is C47H36N12NaO15S3. The molecule has 9 N–H and O–H groups in total. The minimum absolute atomic E-state index is 0. The summed E-state index contributed by atoms with van der Waals surface area (Å²) in [5, 5.41) is 52.4. The van der Waals surface area contributed by atoms with Crippen molar-refractivity contribution in [2.45, 2.75) is 27.7 Å². The molecule has 0 aliphatic carbocycles. The number of carbonyl (C=O) groups is 3. The van der Waals surface area contributed by atoms with Gasteiger partial charge in [-0.15, -0.1) is 0 Å². The zero-order valence-electron chi connectivity index (χ0n) is 40.0. The Bertz CT molecular complexity index is 4190. The molecule has 6 aromatic carbocycles. The third kappa shape index (κ3) is 13.8. The number of azo groups is 2. The molecule has 1 amide bonds. The van der Waals surface area contributed by atoms with Crippen LogP contribution in [0, 0.1) is 0 Å². The number of nitrogens with one attached hydrogen (secondary N) is 3. The van der Waals surface area contributed by atoms with E-state index >= 15 is 0 Å². The summed E-state index contributed by atoms with van der Waals surface area (Å²) in [5.74, 6) is -4.20. The number of rotatable bonds is 16. The molecule has 0 spiro atoms. The number of H-pyrrole nitrogens is 2. The Morgan fingerprint density at radius 2 is 1.27 bits per heavy atom. The molecule has 1 unspecified atom stereocenters. The van der Waals surface area contributed by atoms with E-state index in [2.05, 4.69) is 55.8 Å². The van der Waals surface area contributed by atoms with Gasteiger partial charge in [0.1, 0.15) is 21.1 Å². The number of benzene rings is 6. The van der Waals surface area contributed by atoms with Crippen molar-refractivity contribution in [3.8, 4) is 5.75 Å². The van der Waals surface area contributed by atoms with Gasteiger partial charge in [0.2, 0.25) is 17.2 Å². The molecule has 27 nitrogen and oxygen atoms in total. The number of hydrogen-bond acceptors (Lipinski definition) is 19. The van der Waals surface area contributed by atoms with Crippen molar-refractivity contribution in [2.24, 2.45) is 35.5 Å². The van der Waals surface area contributed by atoms with E-state index in [0.717, 1.165) is 53.6 Å². The molecule has 1 atom stereocenters. The predicted molar refractivity (Wildman–Crippen MR) is 278 cm³/mol. The maximum absolute atomic E-state index is 13.5. The smallest absolute Gasteiger partial charge is 0.339 e. The van der Waals surface area contributed by atoms with Crippen molar-refractivity contribution in [3.63, 3.8) is 0 Å².